The van der Waals surface area contributed by atoms with E-state index in [1.807, 2.05) is 49.4 Å². The molecule has 0 unspecified atom stereocenters. The Balaban J connectivity index is 1.28. The number of hydrogen-bond acceptors (Lipinski definition) is 7. The quantitative estimate of drug-likeness (QED) is 0.164. The zero-order valence-corrected chi connectivity index (χ0v) is 20.0. The van der Waals surface area contributed by atoms with Gasteiger partial charge < -0.3 is 9.15 Å². The summed E-state index contributed by atoms with van der Waals surface area (Å²) in [6, 6.07) is 21.4. The zero-order chi connectivity index (χ0) is 25.2. The summed E-state index contributed by atoms with van der Waals surface area (Å²) < 4.78 is 11.7. The number of non-ortho nitro benzene ring substituents is 1. The molecule has 1 aliphatic heterocycles. The Morgan fingerprint density at radius 3 is 2.69 bits per heavy atom. The van der Waals surface area contributed by atoms with Gasteiger partial charge >= 0.3 is 0 Å². The molecule has 1 aromatic heterocycles. The summed E-state index contributed by atoms with van der Waals surface area (Å²) in [6.45, 7) is 2.10. The van der Waals surface area contributed by atoms with Gasteiger partial charge in [0.2, 0.25) is 0 Å². The van der Waals surface area contributed by atoms with E-state index in [4.69, 9.17) is 9.15 Å². The van der Waals surface area contributed by atoms with E-state index in [0.717, 1.165) is 33.0 Å². The standard InChI is InChI=1S/C27H20N2O6S/c1-17-9-10-19(29(32)33)15-22(17)24-12-11-20(35-24)16-25-26(30)28(27(31)36-25)13-14-34-23-8-4-6-18-5-2-3-7-21(18)23/h2-12,15-16H,13-14H2,1H3/b25-16-. The van der Waals surface area contributed by atoms with E-state index in [-0.39, 0.29) is 29.0 Å². The van der Waals surface area contributed by atoms with Crippen molar-refractivity contribution in [3.8, 4) is 17.1 Å². The summed E-state index contributed by atoms with van der Waals surface area (Å²) in [7, 11) is 0. The van der Waals surface area contributed by atoms with Gasteiger partial charge in [-0.1, -0.05) is 42.5 Å². The molecular weight excluding hydrogens is 480 g/mol. The van der Waals surface area contributed by atoms with Crippen LogP contribution in [0.15, 0.2) is 82.1 Å². The zero-order valence-electron chi connectivity index (χ0n) is 19.2. The van der Waals surface area contributed by atoms with Crippen LogP contribution in [0.25, 0.3) is 28.2 Å². The molecule has 0 atom stereocenters. The fraction of sp³-hybridized carbons (Fsp3) is 0.111. The number of hydrogen-bond donors (Lipinski definition) is 0. The van der Waals surface area contributed by atoms with Crippen molar-refractivity contribution in [2.45, 2.75) is 6.92 Å². The van der Waals surface area contributed by atoms with Gasteiger partial charge in [-0.25, -0.2) is 0 Å². The molecule has 4 aromatic rings. The molecule has 8 nitrogen and oxygen atoms in total. The van der Waals surface area contributed by atoms with Crippen LogP contribution >= 0.6 is 11.8 Å². The average molecular weight is 501 g/mol. The Bertz CT molecular complexity index is 1540. The van der Waals surface area contributed by atoms with Crippen molar-refractivity contribution >= 4 is 45.4 Å². The molecule has 0 bridgehead atoms. The Hall–Kier alpha value is -4.37. The van der Waals surface area contributed by atoms with Crippen molar-refractivity contribution in [3.63, 3.8) is 0 Å². The molecule has 9 heteroatoms. The van der Waals surface area contributed by atoms with E-state index < -0.39 is 10.8 Å². The third-order valence-corrected chi connectivity index (χ3v) is 6.70. The maximum Gasteiger partial charge on any atom is 0.293 e. The maximum atomic E-state index is 12.9. The molecule has 1 aliphatic rings. The number of nitrogens with zero attached hydrogens (tertiary/aromatic N) is 2. The van der Waals surface area contributed by atoms with Gasteiger partial charge in [-0.15, -0.1) is 0 Å². The van der Waals surface area contributed by atoms with Crippen LogP contribution in [0.1, 0.15) is 11.3 Å². The first-order valence-corrected chi connectivity index (χ1v) is 11.9. The summed E-state index contributed by atoms with van der Waals surface area (Å²) in [5.41, 5.74) is 1.36. The molecular formula is C27H20N2O6S. The monoisotopic (exact) mass is 500 g/mol. The highest BCUT2D eigenvalue weighted by atomic mass is 32.2. The number of fused-ring (bicyclic) bond motifs is 1. The number of imide groups is 1. The van der Waals surface area contributed by atoms with Crippen molar-refractivity contribution in [3.05, 3.63) is 99.1 Å². The smallest absolute Gasteiger partial charge is 0.293 e. The highest BCUT2D eigenvalue weighted by Gasteiger charge is 2.35. The van der Waals surface area contributed by atoms with Gasteiger partial charge in [0.15, 0.2) is 0 Å². The minimum absolute atomic E-state index is 0.0413. The molecule has 2 amide bonds. The lowest BCUT2D eigenvalue weighted by Gasteiger charge is -2.14. The molecule has 36 heavy (non-hydrogen) atoms. The second-order valence-electron chi connectivity index (χ2n) is 8.12. The lowest BCUT2D eigenvalue weighted by molar-refractivity contribution is -0.384. The summed E-state index contributed by atoms with van der Waals surface area (Å²) in [5.74, 6) is 1.07. The van der Waals surface area contributed by atoms with E-state index in [1.54, 1.807) is 18.2 Å². The summed E-state index contributed by atoms with van der Waals surface area (Å²) >= 11 is 0.834. The summed E-state index contributed by atoms with van der Waals surface area (Å²) in [5, 5.41) is 12.7. The van der Waals surface area contributed by atoms with Gasteiger partial charge in [0, 0.05) is 29.2 Å². The number of amides is 2. The lowest BCUT2D eigenvalue weighted by atomic mass is 10.1. The third kappa shape index (κ3) is 4.60. The summed E-state index contributed by atoms with van der Waals surface area (Å²) in [4.78, 5) is 37.4. The fourth-order valence-electron chi connectivity index (χ4n) is 3.95. The van der Waals surface area contributed by atoms with Gasteiger partial charge in [-0.05, 0) is 47.8 Å². The Kier molecular flexibility index (Phi) is 6.30. The molecule has 0 saturated carbocycles. The first kappa shape index (κ1) is 23.4. The molecule has 0 radical (unpaired) electrons. The number of furan rings is 1. The van der Waals surface area contributed by atoms with Crippen LogP contribution < -0.4 is 4.74 Å². The first-order chi connectivity index (χ1) is 17.4. The predicted molar refractivity (Wildman–Crippen MR) is 138 cm³/mol. The fourth-order valence-corrected chi connectivity index (χ4v) is 4.80. The third-order valence-electron chi connectivity index (χ3n) is 5.79. The molecule has 0 spiro atoms. The van der Waals surface area contributed by atoms with Crippen molar-refractivity contribution in [1.29, 1.82) is 0 Å². The second kappa shape index (κ2) is 9.71. The van der Waals surface area contributed by atoms with E-state index in [9.17, 15) is 19.7 Å². The molecule has 180 valence electrons. The van der Waals surface area contributed by atoms with Gasteiger partial charge in [0.05, 0.1) is 16.4 Å². The number of ether oxygens (including phenoxy) is 1. The molecule has 1 saturated heterocycles. The molecule has 0 aliphatic carbocycles. The highest BCUT2D eigenvalue weighted by Crippen LogP contribution is 2.34. The highest BCUT2D eigenvalue weighted by molar-refractivity contribution is 8.18. The average Bonchev–Trinajstić information content (AvgIpc) is 3.44. The minimum Gasteiger partial charge on any atom is -0.491 e. The van der Waals surface area contributed by atoms with Crippen molar-refractivity contribution in [2.24, 2.45) is 0 Å². The van der Waals surface area contributed by atoms with E-state index in [2.05, 4.69) is 0 Å². The van der Waals surface area contributed by atoms with Crippen LogP contribution in [0.5, 0.6) is 5.75 Å². The summed E-state index contributed by atoms with van der Waals surface area (Å²) in [6.07, 6.45) is 1.51. The van der Waals surface area contributed by atoms with Gasteiger partial charge in [0.1, 0.15) is 23.9 Å². The lowest BCUT2D eigenvalue weighted by Crippen LogP contribution is -2.32. The molecule has 2 heterocycles. The van der Waals surface area contributed by atoms with Crippen LogP contribution in [-0.4, -0.2) is 34.1 Å². The Morgan fingerprint density at radius 2 is 1.86 bits per heavy atom. The molecule has 5 rings (SSSR count). The van der Waals surface area contributed by atoms with Crippen LogP contribution in [0.3, 0.4) is 0 Å². The predicted octanol–water partition coefficient (Wildman–Crippen LogP) is 6.43. The maximum absolute atomic E-state index is 12.9. The van der Waals surface area contributed by atoms with Gasteiger partial charge in [0.25, 0.3) is 16.8 Å². The van der Waals surface area contributed by atoms with Crippen molar-refractivity contribution < 1.29 is 23.7 Å². The number of nitro benzene ring substituents is 1. The number of thioether (sulfide) groups is 1. The number of aryl methyl sites for hydroxylation is 1. The second-order valence-corrected chi connectivity index (χ2v) is 9.11. The van der Waals surface area contributed by atoms with Crippen molar-refractivity contribution in [1.82, 2.24) is 4.90 Å². The first-order valence-electron chi connectivity index (χ1n) is 11.1. The number of nitro groups is 1. The normalized spacial score (nSPS) is 14.7. The van der Waals surface area contributed by atoms with Gasteiger partial charge in [-0.2, -0.15) is 0 Å². The van der Waals surface area contributed by atoms with E-state index in [1.165, 1.54) is 18.2 Å². The molecule has 0 N–H and O–H groups in total. The van der Waals surface area contributed by atoms with Crippen LogP contribution in [0.2, 0.25) is 0 Å². The van der Waals surface area contributed by atoms with Crippen molar-refractivity contribution in [2.75, 3.05) is 13.2 Å². The molecule has 1 fully saturated rings. The van der Waals surface area contributed by atoms with E-state index >= 15 is 0 Å². The Morgan fingerprint density at radius 1 is 1.06 bits per heavy atom. The van der Waals surface area contributed by atoms with Crippen LogP contribution in [0, 0.1) is 17.0 Å². The number of carbonyl (C=O) groups is 2. The largest absolute Gasteiger partial charge is 0.491 e. The van der Waals surface area contributed by atoms with E-state index in [0.29, 0.717) is 22.8 Å². The SMILES string of the molecule is Cc1ccc([N+](=O)[O-])cc1-c1ccc(/C=C2\SC(=O)N(CCOc3cccc4ccccc34)C2=O)o1. The number of benzene rings is 3. The Labute approximate surface area is 210 Å². The topological polar surface area (TPSA) is 103 Å². The minimum atomic E-state index is -0.465. The number of rotatable bonds is 7. The van der Waals surface area contributed by atoms with Crippen LogP contribution in [-0.2, 0) is 4.79 Å². The molecule has 3 aromatic carbocycles. The number of carbonyl (C=O) groups excluding carboxylic acids is 2. The van der Waals surface area contributed by atoms with Crippen LogP contribution in [0.4, 0.5) is 10.5 Å². The van der Waals surface area contributed by atoms with Gasteiger partial charge in [-0.3, -0.25) is 24.6 Å².